The minimum absolute atomic E-state index is 0.0161. The molecule has 200 valence electrons. The van der Waals surface area contributed by atoms with E-state index in [2.05, 4.69) is 23.3 Å². The van der Waals surface area contributed by atoms with E-state index < -0.39 is 20.0 Å². The molecule has 0 unspecified atom stereocenters. The quantitative estimate of drug-likeness (QED) is 0.196. The summed E-state index contributed by atoms with van der Waals surface area (Å²) < 4.78 is 58.7. The Bertz CT molecular complexity index is 1470. The van der Waals surface area contributed by atoms with E-state index in [1.54, 1.807) is 48.5 Å². The molecule has 0 spiro atoms. The molecule has 0 bridgehead atoms. The Morgan fingerprint density at radius 3 is 1.24 bits per heavy atom. The second-order valence-corrected chi connectivity index (χ2v) is 12.7. The Labute approximate surface area is 226 Å². The minimum atomic E-state index is -3.97. The maximum atomic E-state index is 13.4. The van der Waals surface area contributed by atoms with E-state index in [0.717, 1.165) is 49.7 Å². The number of fused-ring (bicyclic) bond motifs is 1. The highest BCUT2D eigenvalue weighted by atomic mass is 32.2. The van der Waals surface area contributed by atoms with Gasteiger partial charge in [0.2, 0.25) is 0 Å². The Morgan fingerprint density at radius 2 is 0.895 bits per heavy atom. The average Bonchev–Trinajstić information content (AvgIpc) is 2.91. The molecule has 0 aliphatic heterocycles. The van der Waals surface area contributed by atoms with Crippen molar-refractivity contribution >= 4 is 42.2 Å². The highest BCUT2D eigenvalue weighted by molar-refractivity contribution is 7.93. The number of sulfonamides is 2. The maximum Gasteiger partial charge on any atom is 0.262 e. The molecule has 4 rings (SSSR count). The van der Waals surface area contributed by atoms with E-state index in [1.807, 2.05) is 24.3 Å². The van der Waals surface area contributed by atoms with Crippen LogP contribution in [0.15, 0.2) is 94.7 Å². The maximum absolute atomic E-state index is 13.4. The van der Waals surface area contributed by atoms with Crippen LogP contribution >= 0.6 is 0 Å². The molecule has 0 aliphatic rings. The van der Waals surface area contributed by atoms with Gasteiger partial charge in [-0.1, -0.05) is 75.2 Å². The Kier molecular flexibility index (Phi) is 8.74. The minimum Gasteiger partial charge on any atom is -0.280 e. The summed E-state index contributed by atoms with van der Waals surface area (Å²) in [7, 11) is -7.94. The first-order valence-corrected chi connectivity index (χ1v) is 16.0. The highest BCUT2D eigenvalue weighted by Crippen LogP contribution is 2.31. The van der Waals surface area contributed by atoms with Crippen LogP contribution in [0.2, 0.25) is 0 Å². The largest absolute Gasteiger partial charge is 0.280 e. The highest BCUT2D eigenvalue weighted by Gasteiger charge is 2.22. The molecule has 0 saturated heterocycles. The molecule has 0 aliphatic carbocycles. The predicted octanol–water partition coefficient (Wildman–Crippen LogP) is 7.13. The molecule has 0 fully saturated rings. The summed E-state index contributed by atoms with van der Waals surface area (Å²) >= 11 is 0. The van der Waals surface area contributed by atoms with Crippen molar-refractivity contribution in [3.05, 3.63) is 96.1 Å². The predicted molar refractivity (Wildman–Crippen MR) is 156 cm³/mol. The summed E-state index contributed by atoms with van der Waals surface area (Å²) in [5, 5.41) is 0.662. The van der Waals surface area contributed by atoms with E-state index in [9.17, 15) is 16.8 Å². The number of benzene rings is 4. The SMILES string of the molecule is CCCCc1ccc(NS(=O)(=O)c2cccc3c(S(=O)(=O)Nc4ccc(CCCC)cc4)cccc23)cc1. The Hall–Kier alpha value is -3.36. The molecular formula is C30H34N2O4S2. The zero-order valence-corrected chi connectivity index (χ0v) is 23.4. The van der Waals surface area contributed by atoms with Crippen LogP contribution in [0.5, 0.6) is 0 Å². The van der Waals surface area contributed by atoms with Crippen LogP contribution in [0.4, 0.5) is 11.4 Å². The van der Waals surface area contributed by atoms with Crippen LogP contribution in [0, 0.1) is 0 Å². The van der Waals surface area contributed by atoms with E-state index in [-0.39, 0.29) is 9.79 Å². The first-order valence-electron chi connectivity index (χ1n) is 13.0. The van der Waals surface area contributed by atoms with Gasteiger partial charge in [0.1, 0.15) is 0 Å². The number of hydrogen-bond donors (Lipinski definition) is 2. The topological polar surface area (TPSA) is 92.3 Å². The second kappa shape index (κ2) is 12.0. The van der Waals surface area contributed by atoms with E-state index in [1.165, 1.54) is 12.1 Å². The van der Waals surface area contributed by atoms with Gasteiger partial charge < -0.3 is 0 Å². The molecule has 0 saturated carbocycles. The van der Waals surface area contributed by atoms with Crippen molar-refractivity contribution in [2.75, 3.05) is 9.44 Å². The fraction of sp³-hybridized carbons (Fsp3) is 0.267. The lowest BCUT2D eigenvalue weighted by Gasteiger charge is -2.14. The van der Waals surface area contributed by atoms with Gasteiger partial charge in [0.05, 0.1) is 9.79 Å². The molecule has 4 aromatic rings. The normalized spacial score (nSPS) is 11.9. The lowest BCUT2D eigenvalue weighted by molar-refractivity contribution is 0.599. The van der Waals surface area contributed by atoms with Crippen LogP contribution in [0.25, 0.3) is 10.8 Å². The van der Waals surface area contributed by atoms with Gasteiger partial charge in [-0.15, -0.1) is 0 Å². The van der Waals surface area contributed by atoms with Gasteiger partial charge in [-0.2, -0.15) is 0 Å². The van der Waals surface area contributed by atoms with E-state index in [4.69, 9.17) is 0 Å². The summed E-state index contributed by atoms with van der Waals surface area (Å²) in [5.74, 6) is 0. The first kappa shape index (κ1) is 27.7. The van der Waals surface area contributed by atoms with Crippen LogP contribution in [0.1, 0.15) is 50.7 Å². The van der Waals surface area contributed by atoms with Crippen molar-refractivity contribution in [1.29, 1.82) is 0 Å². The molecule has 4 aromatic carbocycles. The smallest absolute Gasteiger partial charge is 0.262 e. The Balaban J connectivity index is 1.62. The van der Waals surface area contributed by atoms with Crippen LogP contribution in [-0.4, -0.2) is 16.8 Å². The van der Waals surface area contributed by atoms with Crippen molar-refractivity contribution in [1.82, 2.24) is 0 Å². The van der Waals surface area contributed by atoms with Gasteiger partial charge in [0.25, 0.3) is 20.0 Å². The van der Waals surface area contributed by atoms with Gasteiger partial charge >= 0.3 is 0 Å². The lowest BCUT2D eigenvalue weighted by atomic mass is 10.1. The van der Waals surface area contributed by atoms with Gasteiger partial charge in [0.15, 0.2) is 0 Å². The summed E-state index contributed by atoms with van der Waals surface area (Å²) in [6.07, 6.45) is 6.22. The summed E-state index contributed by atoms with van der Waals surface area (Å²) in [5.41, 5.74) is 3.21. The van der Waals surface area contributed by atoms with E-state index >= 15 is 0 Å². The van der Waals surface area contributed by atoms with Gasteiger partial charge in [0, 0.05) is 22.1 Å². The second-order valence-electron chi connectivity index (χ2n) is 9.42. The number of nitrogens with one attached hydrogen (secondary N) is 2. The first-order chi connectivity index (χ1) is 18.2. The van der Waals surface area contributed by atoms with Crippen molar-refractivity contribution in [2.45, 2.75) is 62.2 Å². The molecule has 0 amide bonds. The van der Waals surface area contributed by atoms with Crippen molar-refractivity contribution in [3.63, 3.8) is 0 Å². The van der Waals surface area contributed by atoms with Crippen LogP contribution < -0.4 is 9.44 Å². The van der Waals surface area contributed by atoms with E-state index in [0.29, 0.717) is 22.1 Å². The molecule has 2 N–H and O–H groups in total. The van der Waals surface area contributed by atoms with Gasteiger partial charge in [-0.05, 0) is 73.2 Å². The van der Waals surface area contributed by atoms with Crippen molar-refractivity contribution < 1.29 is 16.8 Å². The average molecular weight is 551 g/mol. The number of aryl methyl sites for hydroxylation is 2. The van der Waals surface area contributed by atoms with Crippen LogP contribution in [0.3, 0.4) is 0 Å². The zero-order chi connectivity index (χ0) is 27.2. The Morgan fingerprint density at radius 1 is 0.526 bits per heavy atom. The third kappa shape index (κ3) is 6.55. The number of unbranched alkanes of at least 4 members (excludes halogenated alkanes) is 2. The van der Waals surface area contributed by atoms with Gasteiger partial charge in [-0.25, -0.2) is 16.8 Å². The molecule has 0 atom stereocenters. The van der Waals surface area contributed by atoms with Crippen LogP contribution in [-0.2, 0) is 32.9 Å². The zero-order valence-electron chi connectivity index (χ0n) is 21.8. The third-order valence-electron chi connectivity index (χ3n) is 6.47. The molecule has 8 heteroatoms. The molecule has 0 radical (unpaired) electrons. The fourth-order valence-corrected chi connectivity index (χ4v) is 6.95. The third-order valence-corrected chi connectivity index (χ3v) is 9.35. The fourth-order valence-electron chi connectivity index (χ4n) is 4.38. The standard InChI is InChI=1S/C30H34N2O4S2/c1-3-5-9-23-15-19-25(20-16-23)31-37(33,34)29-13-7-12-28-27(29)11-8-14-30(28)38(35,36)32-26-21-17-24(18-22-26)10-6-4-2/h7-8,11-22,31-32H,3-6,9-10H2,1-2H3. The number of anilines is 2. The molecule has 0 aromatic heterocycles. The monoisotopic (exact) mass is 550 g/mol. The number of rotatable bonds is 12. The molecular weight excluding hydrogens is 516 g/mol. The van der Waals surface area contributed by atoms with Gasteiger partial charge in [-0.3, -0.25) is 9.44 Å². The van der Waals surface area contributed by atoms with Crippen molar-refractivity contribution in [2.24, 2.45) is 0 Å². The number of hydrogen-bond acceptors (Lipinski definition) is 4. The summed E-state index contributed by atoms with van der Waals surface area (Å²) in [4.78, 5) is 0.0322. The van der Waals surface area contributed by atoms with Crippen molar-refractivity contribution in [3.8, 4) is 0 Å². The molecule has 0 heterocycles. The summed E-state index contributed by atoms with van der Waals surface area (Å²) in [6, 6.07) is 24.0. The summed E-state index contributed by atoms with van der Waals surface area (Å²) in [6.45, 7) is 4.26. The molecule has 38 heavy (non-hydrogen) atoms. The molecule has 6 nitrogen and oxygen atoms in total. The lowest BCUT2D eigenvalue weighted by Crippen LogP contribution is -2.15.